The molecular formula is C18H22FNO4. The Morgan fingerprint density at radius 2 is 1.83 bits per heavy atom. The molecule has 0 bridgehead atoms. The number of halogens is 1. The second-order valence-electron chi connectivity index (χ2n) is 6.30. The third-order valence-electron chi connectivity index (χ3n) is 4.38. The summed E-state index contributed by atoms with van der Waals surface area (Å²) in [5.74, 6) is -0.0941. The average molecular weight is 335 g/mol. The lowest BCUT2D eigenvalue weighted by atomic mass is 10.0. The summed E-state index contributed by atoms with van der Waals surface area (Å²) in [4.78, 5) is 0. The number of ether oxygens (including phenoxy) is 4. The van der Waals surface area contributed by atoms with Crippen molar-refractivity contribution in [1.29, 1.82) is 5.26 Å². The Morgan fingerprint density at radius 1 is 1.12 bits per heavy atom. The van der Waals surface area contributed by atoms with Crippen molar-refractivity contribution in [3.05, 3.63) is 35.1 Å². The highest BCUT2D eigenvalue weighted by molar-refractivity contribution is 5.33. The number of nitriles is 1. The summed E-state index contributed by atoms with van der Waals surface area (Å²) in [5, 5.41) is 8.77. The van der Waals surface area contributed by atoms with Gasteiger partial charge in [-0.25, -0.2) is 4.39 Å². The molecule has 0 atom stereocenters. The molecule has 6 heteroatoms. The van der Waals surface area contributed by atoms with Crippen LogP contribution in [0.2, 0.25) is 0 Å². The fourth-order valence-electron chi connectivity index (χ4n) is 3.04. The number of hydrogen-bond donors (Lipinski definition) is 0. The number of rotatable bonds is 4. The van der Waals surface area contributed by atoms with Gasteiger partial charge in [-0.15, -0.1) is 0 Å². The normalized spacial score (nSPS) is 30.7. The summed E-state index contributed by atoms with van der Waals surface area (Å²) < 4.78 is 36.7. The fourth-order valence-corrected chi connectivity index (χ4v) is 3.04. The van der Waals surface area contributed by atoms with Gasteiger partial charge in [-0.2, -0.15) is 5.26 Å². The van der Waals surface area contributed by atoms with Gasteiger partial charge in [0.05, 0.1) is 37.9 Å². The van der Waals surface area contributed by atoms with E-state index in [1.807, 2.05) is 0 Å². The van der Waals surface area contributed by atoms with Gasteiger partial charge in [0.1, 0.15) is 11.9 Å². The first-order valence-corrected chi connectivity index (χ1v) is 8.37. The average Bonchev–Trinajstić information content (AvgIpc) is 2.63. The second-order valence-corrected chi connectivity index (χ2v) is 6.30. The molecule has 0 aliphatic carbocycles. The first-order chi connectivity index (χ1) is 11.7. The van der Waals surface area contributed by atoms with E-state index in [-0.39, 0.29) is 17.8 Å². The van der Waals surface area contributed by atoms with E-state index in [0.29, 0.717) is 37.9 Å². The molecule has 1 aromatic rings. The molecule has 2 fully saturated rings. The van der Waals surface area contributed by atoms with E-state index >= 15 is 0 Å². The topological polar surface area (TPSA) is 60.7 Å². The molecule has 0 N–H and O–H groups in total. The maximum absolute atomic E-state index is 13.7. The summed E-state index contributed by atoms with van der Waals surface area (Å²) in [7, 11) is 0. The Hall–Kier alpha value is -1.52. The summed E-state index contributed by atoms with van der Waals surface area (Å²) in [6.07, 6.45) is 1.30. The second kappa shape index (κ2) is 8.04. The van der Waals surface area contributed by atoms with Crippen LogP contribution in [0.1, 0.15) is 37.2 Å². The van der Waals surface area contributed by atoms with Gasteiger partial charge in [0.15, 0.2) is 12.6 Å². The standard InChI is InChI=1S/C18H22FNO4/c1-2-3-12-8-21-18(22-9-12)15-10-23-17(24-11-15)13-4-5-14(7-20)16(19)6-13/h4-6,12,15,17-18H,2-3,8-11H2,1H3/t12-,15-,17-,18-. The van der Waals surface area contributed by atoms with E-state index in [0.717, 1.165) is 12.8 Å². The van der Waals surface area contributed by atoms with Crippen LogP contribution in [-0.4, -0.2) is 32.7 Å². The van der Waals surface area contributed by atoms with E-state index in [1.165, 1.54) is 12.1 Å². The molecule has 0 radical (unpaired) electrons. The van der Waals surface area contributed by atoms with Crippen molar-refractivity contribution in [1.82, 2.24) is 0 Å². The summed E-state index contributed by atoms with van der Waals surface area (Å²) in [6.45, 7) is 4.42. The van der Waals surface area contributed by atoms with Crippen LogP contribution in [0.3, 0.4) is 0 Å². The zero-order valence-corrected chi connectivity index (χ0v) is 13.7. The van der Waals surface area contributed by atoms with Crippen molar-refractivity contribution >= 4 is 0 Å². The van der Waals surface area contributed by atoms with Gasteiger partial charge in [-0.05, 0) is 18.6 Å². The van der Waals surface area contributed by atoms with Crippen molar-refractivity contribution in [2.24, 2.45) is 11.8 Å². The summed E-state index contributed by atoms with van der Waals surface area (Å²) in [5.41, 5.74) is 0.580. The first-order valence-electron chi connectivity index (χ1n) is 8.37. The highest BCUT2D eigenvalue weighted by Crippen LogP contribution is 2.30. The van der Waals surface area contributed by atoms with Gasteiger partial charge < -0.3 is 18.9 Å². The molecule has 2 heterocycles. The van der Waals surface area contributed by atoms with Crippen molar-refractivity contribution in [3.8, 4) is 6.07 Å². The zero-order chi connectivity index (χ0) is 16.9. The van der Waals surface area contributed by atoms with Gasteiger partial charge in [0, 0.05) is 11.5 Å². The van der Waals surface area contributed by atoms with Crippen LogP contribution in [0.25, 0.3) is 0 Å². The highest BCUT2D eigenvalue weighted by Gasteiger charge is 2.34. The molecule has 24 heavy (non-hydrogen) atoms. The predicted molar refractivity (Wildman–Crippen MR) is 83.3 cm³/mol. The van der Waals surface area contributed by atoms with Crippen LogP contribution in [0.5, 0.6) is 0 Å². The molecule has 1 aromatic carbocycles. The molecule has 3 rings (SSSR count). The fraction of sp³-hybridized carbons (Fsp3) is 0.611. The van der Waals surface area contributed by atoms with Gasteiger partial charge in [0.25, 0.3) is 0 Å². The van der Waals surface area contributed by atoms with Crippen molar-refractivity contribution < 1.29 is 23.3 Å². The monoisotopic (exact) mass is 335 g/mol. The van der Waals surface area contributed by atoms with E-state index in [4.69, 9.17) is 24.2 Å². The van der Waals surface area contributed by atoms with Gasteiger partial charge in [-0.3, -0.25) is 0 Å². The predicted octanol–water partition coefficient (Wildman–Crippen LogP) is 3.15. The molecule has 0 amide bonds. The van der Waals surface area contributed by atoms with Crippen molar-refractivity contribution in [2.75, 3.05) is 26.4 Å². The van der Waals surface area contributed by atoms with Crippen LogP contribution in [-0.2, 0) is 18.9 Å². The van der Waals surface area contributed by atoms with E-state index in [2.05, 4.69) is 6.92 Å². The molecular weight excluding hydrogens is 313 g/mol. The Morgan fingerprint density at radius 3 is 2.42 bits per heavy atom. The molecule has 2 aliphatic rings. The van der Waals surface area contributed by atoms with Crippen LogP contribution < -0.4 is 0 Å². The Balaban J connectivity index is 1.51. The zero-order valence-electron chi connectivity index (χ0n) is 13.7. The van der Waals surface area contributed by atoms with Crippen molar-refractivity contribution in [2.45, 2.75) is 32.3 Å². The SMILES string of the molecule is CCC[C@H]1CO[C@H]([C@H]2CO[C@H](c3ccc(C#N)c(F)c3)OC2)OC1. The third-order valence-corrected chi connectivity index (χ3v) is 4.38. The van der Waals surface area contributed by atoms with Crippen LogP contribution in [0.15, 0.2) is 18.2 Å². The van der Waals surface area contributed by atoms with Crippen LogP contribution in [0, 0.1) is 29.0 Å². The number of nitrogens with zero attached hydrogens (tertiary/aromatic N) is 1. The smallest absolute Gasteiger partial charge is 0.183 e. The highest BCUT2D eigenvalue weighted by atomic mass is 19.1. The van der Waals surface area contributed by atoms with E-state index < -0.39 is 12.1 Å². The van der Waals surface area contributed by atoms with Crippen molar-refractivity contribution in [3.63, 3.8) is 0 Å². The largest absolute Gasteiger partial charge is 0.352 e. The van der Waals surface area contributed by atoms with Gasteiger partial charge >= 0.3 is 0 Å². The first kappa shape index (κ1) is 17.3. The summed E-state index contributed by atoms with van der Waals surface area (Å²) in [6, 6.07) is 6.17. The van der Waals surface area contributed by atoms with Crippen LogP contribution >= 0.6 is 0 Å². The molecule has 0 unspecified atom stereocenters. The minimum atomic E-state index is -0.625. The molecule has 130 valence electrons. The third kappa shape index (κ3) is 3.93. The Kier molecular flexibility index (Phi) is 5.80. The summed E-state index contributed by atoms with van der Waals surface area (Å²) >= 11 is 0. The number of hydrogen-bond acceptors (Lipinski definition) is 5. The lowest BCUT2D eigenvalue weighted by Crippen LogP contribution is -2.43. The number of benzene rings is 1. The molecule has 0 saturated carbocycles. The maximum Gasteiger partial charge on any atom is 0.183 e. The maximum atomic E-state index is 13.7. The molecule has 0 aromatic heterocycles. The van der Waals surface area contributed by atoms with Gasteiger partial charge in [0.2, 0.25) is 0 Å². The lowest BCUT2D eigenvalue weighted by Gasteiger charge is -2.37. The van der Waals surface area contributed by atoms with Crippen LogP contribution in [0.4, 0.5) is 4.39 Å². The van der Waals surface area contributed by atoms with E-state index in [9.17, 15) is 4.39 Å². The molecule has 2 saturated heterocycles. The minimum absolute atomic E-state index is 0.00653. The Bertz CT molecular complexity index is 587. The van der Waals surface area contributed by atoms with Gasteiger partial charge in [-0.1, -0.05) is 19.4 Å². The van der Waals surface area contributed by atoms with E-state index in [1.54, 1.807) is 12.1 Å². The molecule has 5 nitrogen and oxygen atoms in total. The molecule has 2 aliphatic heterocycles. The quantitative estimate of drug-likeness (QED) is 0.846. The lowest BCUT2D eigenvalue weighted by molar-refractivity contribution is -0.283. The molecule has 0 spiro atoms. The minimum Gasteiger partial charge on any atom is -0.352 e. The Labute approximate surface area is 141 Å².